The molecule has 1 aromatic heterocycles. The Bertz CT molecular complexity index is 675. The van der Waals surface area contributed by atoms with Crippen LogP contribution in [0.5, 0.6) is 0 Å². The van der Waals surface area contributed by atoms with E-state index in [1.165, 1.54) is 11.1 Å². The molecule has 3 rings (SSSR count). The first kappa shape index (κ1) is 14.8. The zero-order chi connectivity index (χ0) is 15.7. The van der Waals surface area contributed by atoms with Gasteiger partial charge in [-0.1, -0.05) is 43.3 Å². The lowest BCUT2D eigenvalue weighted by atomic mass is 9.90. The van der Waals surface area contributed by atoms with Crippen LogP contribution < -0.4 is 5.32 Å². The van der Waals surface area contributed by atoms with Crippen molar-refractivity contribution in [3.05, 3.63) is 52.9 Å². The Labute approximate surface area is 130 Å². The fraction of sp³-hybridized carbons (Fsp3) is 0.444. The summed E-state index contributed by atoms with van der Waals surface area (Å²) in [7, 11) is 0. The van der Waals surface area contributed by atoms with Crippen LogP contribution in [0.4, 0.5) is 0 Å². The van der Waals surface area contributed by atoms with Crippen LogP contribution >= 0.6 is 0 Å². The SMILES string of the molecule is Cc1cc(C(=O)NC[C@@H]2C[C@@H](C(C)C)c3ccccc32)on1. The number of aryl methyl sites for hydroxylation is 1. The van der Waals surface area contributed by atoms with Crippen molar-refractivity contribution in [2.45, 2.75) is 39.0 Å². The molecular formula is C18H22N2O2. The topological polar surface area (TPSA) is 55.1 Å². The molecule has 0 saturated carbocycles. The number of carbonyl (C=O) groups is 1. The highest BCUT2D eigenvalue weighted by Crippen LogP contribution is 2.44. The van der Waals surface area contributed by atoms with Gasteiger partial charge in [0.1, 0.15) is 0 Å². The van der Waals surface area contributed by atoms with E-state index in [0.29, 0.717) is 24.3 Å². The summed E-state index contributed by atoms with van der Waals surface area (Å²) in [5, 5.41) is 6.73. The van der Waals surface area contributed by atoms with E-state index < -0.39 is 0 Å². The molecule has 2 atom stereocenters. The van der Waals surface area contributed by atoms with Crippen LogP contribution in [0.15, 0.2) is 34.9 Å². The summed E-state index contributed by atoms with van der Waals surface area (Å²) in [5.74, 6) is 1.65. The maximum absolute atomic E-state index is 12.1. The second-order valence-electron chi connectivity index (χ2n) is 6.45. The van der Waals surface area contributed by atoms with Gasteiger partial charge in [-0.2, -0.15) is 0 Å². The van der Waals surface area contributed by atoms with Gasteiger partial charge in [-0.3, -0.25) is 4.79 Å². The molecule has 0 aliphatic heterocycles. The Hall–Kier alpha value is -2.10. The van der Waals surface area contributed by atoms with E-state index in [4.69, 9.17) is 4.52 Å². The fourth-order valence-electron chi connectivity index (χ4n) is 3.38. The van der Waals surface area contributed by atoms with Gasteiger partial charge >= 0.3 is 0 Å². The van der Waals surface area contributed by atoms with Crippen molar-refractivity contribution >= 4 is 5.91 Å². The third kappa shape index (κ3) is 2.78. The van der Waals surface area contributed by atoms with Crippen molar-refractivity contribution in [1.29, 1.82) is 0 Å². The predicted molar refractivity (Wildman–Crippen MR) is 85.0 cm³/mol. The molecule has 1 aliphatic carbocycles. The molecule has 1 aliphatic rings. The number of hydrogen-bond acceptors (Lipinski definition) is 3. The van der Waals surface area contributed by atoms with Crippen molar-refractivity contribution in [2.75, 3.05) is 6.54 Å². The second-order valence-corrected chi connectivity index (χ2v) is 6.45. The average Bonchev–Trinajstić information content (AvgIpc) is 3.09. The molecule has 1 heterocycles. The molecule has 0 unspecified atom stereocenters. The zero-order valence-corrected chi connectivity index (χ0v) is 13.3. The molecule has 4 nitrogen and oxygen atoms in total. The minimum absolute atomic E-state index is 0.189. The van der Waals surface area contributed by atoms with Gasteiger partial charge in [0.25, 0.3) is 5.91 Å². The molecule has 116 valence electrons. The van der Waals surface area contributed by atoms with E-state index in [1.807, 2.05) is 0 Å². The summed E-state index contributed by atoms with van der Waals surface area (Å²) in [4.78, 5) is 12.1. The highest BCUT2D eigenvalue weighted by molar-refractivity contribution is 5.91. The Morgan fingerprint density at radius 3 is 2.73 bits per heavy atom. The van der Waals surface area contributed by atoms with Gasteiger partial charge in [-0.25, -0.2) is 0 Å². The Kier molecular flexibility index (Phi) is 4.01. The van der Waals surface area contributed by atoms with Crippen molar-refractivity contribution in [1.82, 2.24) is 10.5 Å². The van der Waals surface area contributed by atoms with E-state index in [2.05, 4.69) is 48.6 Å². The van der Waals surface area contributed by atoms with Crippen LogP contribution in [0.25, 0.3) is 0 Å². The van der Waals surface area contributed by atoms with E-state index in [1.54, 1.807) is 13.0 Å². The average molecular weight is 298 g/mol. The van der Waals surface area contributed by atoms with Crippen LogP contribution in [-0.4, -0.2) is 17.6 Å². The van der Waals surface area contributed by atoms with Crippen molar-refractivity contribution in [3.8, 4) is 0 Å². The molecular weight excluding hydrogens is 276 g/mol. The number of rotatable bonds is 4. The zero-order valence-electron chi connectivity index (χ0n) is 13.3. The molecule has 22 heavy (non-hydrogen) atoms. The normalized spacial score (nSPS) is 20.2. The van der Waals surface area contributed by atoms with E-state index in [0.717, 1.165) is 12.1 Å². The first-order valence-corrected chi connectivity index (χ1v) is 7.86. The van der Waals surface area contributed by atoms with E-state index >= 15 is 0 Å². The van der Waals surface area contributed by atoms with Crippen LogP contribution in [0.2, 0.25) is 0 Å². The minimum Gasteiger partial charge on any atom is -0.351 e. The highest BCUT2D eigenvalue weighted by atomic mass is 16.5. The molecule has 0 saturated heterocycles. The van der Waals surface area contributed by atoms with Gasteiger partial charge in [-0.15, -0.1) is 0 Å². The lowest BCUT2D eigenvalue weighted by Crippen LogP contribution is -2.27. The number of aromatic nitrogens is 1. The lowest BCUT2D eigenvalue weighted by molar-refractivity contribution is 0.0914. The van der Waals surface area contributed by atoms with Gasteiger partial charge in [0.15, 0.2) is 0 Å². The monoisotopic (exact) mass is 298 g/mol. The van der Waals surface area contributed by atoms with Crippen molar-refractivity contribution in [2.24, 2.45) is 5.92 Å². The first-order chi connectivity index (χ1) is 10.6. The molecule has 4 heteroatoms. The molecule has 0 bridgehead atoms. The fourth-order valence-corrected chi connectivity index (χ4v) is 3.38. The maximum Gasteiger partial charge on any atom is 0.289 e. The molecule has 1 aromatic carbocycles. The number of fused-ring (bicyclic) bond motifs is 1. The summed E-state index contributed by atoms with van der Waals surface area (Å²) in [6, 6.07) is 10.3. The Morgan fingerprint density at radius 2 is 2.09 bits per heavy atom. The third-order valence-corrected chi connectivity index (χ3v) is 4.54. The molecule has 0 radical (unpaired) electrons. The maximum atomic E-state index is 12.1. The highest BCUT2D eigenvalue weighted by Gasteiger charge is 2.32. The number of benzene rings is 1. The first-order valence-electron chi connectivity index (χ1n) is 7.86. The summed E-state index contributed by atoms with van der Waals surface area (Å²) in [5.41, 5.74) is 3.53. The third-order valence-electron chi connectivity index (χ3n) is 4.54. The predicted octanol–water partition coefficient (Wildman–Crippen LogP) is 3.64. The van der Waals surface area contributed by atoms with Gasteiger partial charge in [0.05, 0.1) is 5.69 Å². The number of nitrogens with one attached hydrogen (secondary N) is 1. The van der Waals surface area contributed by atoms with Crippen LogP contribution in [0, 0.1) is 12.8 Å². The Balaban J connectivity index is 1.70. The lowest BCUT2D eigenvalue weighted by Gasteiger charge is -2.16. The van der Waals surface area contributed by atoms with E-state index in [-0.39, 0.29) is 11.7 Å². The summed E-state index contributed by atoms with van der Waals surface area (Å²) >= 11 is 0. The largest absolute Gasteiger partial charge is 0.351 e. The van der Waals surface area contributed by atoms with Gasteiger partial charge in [0, 0.05) is 18.5 Å². The second kappa shape index (κ2) is 5.95. The van der Waals surface area contributed by atoms with Crippen molar-refractivity contribution in [3.63, 3.8) is 0 Å². The van der Waals surface area contributed by atoms with Crippen LogP contribution in [-0.2, 0) is 0 Å². The quantitative estimate of drug-likeness (QED) is 0.937. The molecule has 2 aromatic rings. The van der Waals surface area contributed by atoms with Crippen LogP contribution in [0.3, 0.4) is 0 Å². The Morgan fingerprint density at radius 1 is 1.36 bits per heavy atom. The van der Waals surface area contributed by atoms with Crippen LogP contribution in [0.1, 0.15) is 59.5 Å². The van der Waals surface area contributed by atoms with Gasteiger partial charge < -0.3 is 9.84 Å². The minimum atomic E-state index is -0.189. The molecule has 0 fully saturated rings. The number of hydrogen-bond donors (Lipinski definition) is 1. The van der Waals surface area contributed by atoms with Crippen molar-refractivity contribution < 1.29 is 9.32 Å². The molecule has 1 N–H and O–H groups in total. The standard InChI is InChI=1S/C18H22N2O2/c1-11(2)16-9-13(14-6-4-5-7-15(14)16)10-19-18(21)17-8-12(3)20-22-17/h4-8,11,13,16H,9-10H2,1-3H3,(H,19,21)/t13-,16-/m0/s1. The summed E-state index contributed by atoms with van der Waals surface area (Å²) in [6.07, 6.45) is 1.09. The molecule has 1 amide bonds. The number of carbonyl (C=O) groups excluding carboxylic acids is 1. The van der Waals surface area contributed by atoms with E-state index in [9.17, 15) is 4.79 Å². The number of nitrogens with zero attached hydrogens (tertiary/aromatic N) is 1. The number of amides is 1. The smallest absolute Gasteiger partial charge is 0.289 e. The summed E-state index contributed by atoms with van der Waals surface area (Å²) < 4.78 is 5.01. The molecule has 0 spiro atoms. The summed E-state index contributed by atoms with van der Waals surface area (Å²) in [6.45, 7) is 6.97. The van der Waals surface area contributed by atoms with Gasteiger partial charge in [-0.05, 0) is 36.3 Å². The van der Waals surface area contributed by atoms with Gasteiger partial charge in [0.2, 0.25) is 5.76 Å².